The molecule has 52 valence electrons. The van der Waals surface area contributed by atoms with Gasteiger partial charge in [-0.2, -0.15) is 0 Å². The predicted octanol–water partition coefficient (Wildman–Crippen LogP) is -4.75. The molecule has 0 fully saturated rings. The van der Waals surface area contributed by atoms with E-state index < -0.39 is 7.82 Å². The Morgan fingerprint density at radius 2 is 1.00 bits per heavy atom. The second-order valence-electron chi connectivity index (χ2n) is 0.513. The summed E-state index contributed by atoms with van der Waals surface area (Å²) < 4.78 is 8.88. The molecule has 4 nitrogen and oxygen atoms in total. The monoisotopic (exact) mass is 190 g/mol. The number of hydrogen-bond donors (Lipinski definition) is 3. The molecule has 0 saturated carbocycles. The molecule has 0 aliphatic rings. The van der Waals surface area contributed by atoms with Crippen molar-refractivity contribution in [3.8, 4) is 0 Å². The van der Waals surface area contributed by atoms with E-state index in [0.29, 0.717) is 0 Å². The first-order valence-corrected chi connectivity index (χ1v) is 2.35. The van der Waals surface area contributed by atoms with E-state index in [-0.39, 0.29) is 45.7 Å². The van der Waals surface area contributed by atoms with Gasteiger partial charge in [-0.3, -0.25) is 0 Å². The van der Waals surface area contributed by atoms with E-state index in [4.69, 9.17) is 19.2 Å². The molecule has 8 heavy (non-hydrogen) atoms. The Kier molecular flexibility index (Phi) is 23.9. The summed E-state index contributed by atoms with van der Waals surface area (Å²) in [4.78, 5) is 21.6. The Morgan fingerprint density at radius 1 is 1.00 bits per heavy atom. The summed E-state index contributed by atoms with van der Waals surface area (Å²) >= 11 is 0. The van der Waals surface area contributed by atoms with Crippen molar-refractivity contribution in [2.45, 2.75) is 0 Å². The zero-order chi connectivity index (χ0) is 4.50. The van der Waals surface area contributed by atoms with Gasteiger partial charge in [0.1, 0.15) is 0 Å². The van der Waals surface area contributed by atoms with Crippen LogP contribution in [0.2, 0.25) is 0 Å². The van der Waals surface area contributed by atoms with Gasteiger partial charge >= 0.3 is 7.82 Å². The molecule has 0 amide bonds. The molecule has 3 N–H and O–H groups in total. The van der Waals surface area contributed by atoms with Gasteiger partial charge in [-0.25, -0.2) is 4.57 Å². The van der Waals surface area contributed by atoms with E-state index in [0.717, 1.165) is 0 Å². The lowest BCUT2D eigenvalue weighted by molar-refractivity contribution is 0.275. The molecule has 0 aliphatic carbocycles. The fourth-order valence-corrected chi connectivity index (χ4v) is 0. The van der Waals surface area contributed by atoms with E-state index >= 15 is 0 Å². The first-order valence-electron chi connectivity index (χ1n) is 0.783. The van der Waals surface area contributed by atoms with Crippen LogP contribution in [0.3, 0.4) is 0 Å². The Labute approximate surface area is 72.8 Å². The minimum Gasteiger partial charge on any atom is -0.303 e. The summed E-state index contributed by atoms with van der Waals surface area (Å²) in [5, 5.41) is 0. The minimum atomic E-state index is -4.64. The van der Waals surface area contributed by atoms with E-state index in [1.54, 1.807) is 0 Å². The molecule has 0 radical (unpaired) electrons. The highest BCUT2D eigenvalue weighted by Crippen LogP contribution is 2.25. The fraction of sp³-hybridized carbons (Fsp3) is 0. The highest BCUT2D eigenvalue weighted by Gasteiger charge is 2.00. The molecule has 0 aromatic heterocycles. The van der Waals surface area contributed by atoms with Crippen molar-refractivity contribution in [2.75, 3.05) is 0 Å². The molecule has 0 saturated heterocycles. The Hall–Kier alpha value is 1.39. The van der Waals surface area contributed by atoms with Crippen molar-refractivity contribution in [2.24, 2.45) is 0 Å². The van der Waals surface area contributed by atoms with Crippen LogP contribution in [0.5, 0.6) is 0 Å². The average molecular weight is 190 g/mol. The van der Waals surface area contributed by atoms with Gasteiger partial charge in [-0.05, 0) is 11.0 Å². The summed E-state index contributed by atoms with van der Waals surface area (Å²) in [6, 6.07) is 0. The normalized spacial score (nSPS) is 7.38. The van der Waals surface area contributed by atoms with E-state index in [1.165, 1.54) is 0 Å². The van der Waals surface area contributed by atoms with Crippen LogP contribution in [0.1, 0.15) is 0 Å². The molecule has 0 aliphatic heterocycles. The molecule has 0 unspecified atom stereocenters. The molecule has 0 spiro atoms. The third-order valence-electron chi connectivity index (χ3n) is 0. The van der Waals surface area contributed by atoms with Crippen LogP contribution < -0.4 is 0 Å². The highest BCUT2D eigenvalue weighted by atomic mass is 31.2. The molecular formula is H13Al2O4PSi. The van der Waals surface area contributed by atoms with Gasteiger partial charge in [0.05, 0.1) is 0 Å². The van der Waals surface area contributed by atoms with Gasteiger partial charge in [0.25, 0.3) is 0 Å². The maximum Gasteiger partial charge on any atom is 0.466 e. The first kappa shape index (κ1) is 22.8. The van der Waals surface area contributed by atoms with Gasteiger partial charge in [-0.1, -0.05) is 0 Å². The zero-order valence-electron chi connectivity index (χ0n) is 2.20. The van der Waals surface area contributed by atoms with Gasteiger partial charge in [0.2, 0.25) is 0 Å². The summed E-state index contributed by atoms with van der Waals surface area (Å²) in [5.74, 6) is 0. The van der Waals surface area contributed by atoms with E-state index in [1.807, 2.05) is 0 Å². The van der Waals surface area contributed by atoms with Crippen LogP contribution in [-0.4, -0.2) is 60.4 Å². The maximum atomic E-state index is 8.88. The number of hydrogen-bond acceptors (Lipinski definition) is 1. The van der Waals surface area contributed by atoms with Crippen LogP contribution >= 0.6 is 7.82 Å². The second-order valence-corrected chi connectivity index (χ2v) is 1.54. The number of rotatable bonds is 0. The smallest absolute Gasteiger partial charge is 0.303 e. The quantitative estimate of drug-likeness (QED) is 0.265. The van der Waals surface area contributed by atoms with Crippen LogP contribution in [0.25, 0.3) is 0 Å². The number of phosphoric acid groups is 1. The van der Waals surface area contributed by atoms with Crippen LogP contribution in [0.15, 0.2) is 0 Å². The molecule has 8 heteroatoms. The molecule has 0 heterocycles. The standard InChI is InChI=1S/2Al.H3O4P.H4Si.6H/c;;1-5(2,3)4;;;;;;;/h;;(H3,1,2,3,4);1H4;;;;;;. The van der Waals surface area contributed by atoms with Crippen molar-refractivity contribution >= 4 is 53.5 Å². The van der Waals surface area contributed by atoms with Gasteiger partial charge in [0, 0.05) is 0 Å². The van der Waals surface area contributed by atoms with Crippen molar-refractivity contribution < 1.29 is 19.2 Å². The lowest BCUT2D eigenvalue weighted by Crippen LogP contribution is -1.66. The van der Waals surface area contributed by atoms with Crippen molar-refractivity contribution in [3.05, 3.63) is 0 Å². The van der Waals surface area contributed by atoms with E-state index in [2.05, 4.69) is 0 Å². The first-order chi connectivity index (χ1) is 2.00. The van der Waals surface area contributed by atoms with Gasteiger partial charge < -0.3 is 14.7 Å². The average Bonchev–Trinajstić information content (AvgIpc) is 0.722. The van der Waals surface area contributed by atoms with Crippen molar-refractivity contribution in [1.82, 2.24) is 0 Å². The highest BCUT2D eigenvalue weighted by molar-refractivity contribution is 7.45. The Bertz CT molecular complexity index is 60.2. The van der Waals surface area contributed by atoms with Gasteiger partial charge in [-0.15, -0.1) is 0 Å². The van der Waals surface area contributed by atoms with Crippen LogP contribution in [0, 0.1) is 0 Å². The Balaban J connectivity index is -0.0000000267. The van der Waals surface area contributed by atoms with Crippen LogP contribution in [-0.2, 0) is 4.57 Å². The van der Waals surface area contributed by atoms with Crippen LogP contribution in [0.4, 0.5) is 0 Å². The largest absolute Gasteiger partial charge is 0.466 e. The maximum absolute atomic E-state index is 8.88. The predicted molar refractivity (Wildman–Crippen MR) is 45.5 cm³/mol. The molecule has 0 atom stereocenters. The molecular weight excluding hydrogens is 177 g/mol. The zero-order valence-corrected chi connectivity index (χ0v) is 3.09. The summed E-state index contributed by atoms with van der Waals surface area (Å²) in [7, 11) is -4.64. The molecule has 0 aromatic carbocycles. The summed E-state index contributed by atoms with van der Waals surface area (Å²) in [6.07, 6.45) is 0. The third kappa shape index (κ3) is 156. The molecule has 0 rings (SSSR count). The topological polar surface area (TPSA) is 77.8 Å². The van der Waals surface area contributed by atoms with Crippen molar-refractivity contribution in [3.63, 3.8) is 0 Å². The summed E-state index contributed by atoms with van der Waals surface area (Å²) in [6.45, 7) is 0. The SMILES string of the molecule is O=P(O)(O)O.[AlH3].[AlH3].[SiH4]. The lowest BCUT2D eigenvalue weighted by Gasteiger charge is -1.82. The molecule has 0 aromatic rings. The lowest BCUT2D eigenvalue weighted by atomic mass is 15.8. The fourth-order valence-electron chi connectivity index (χ4n) is 0. The summed E-state index contributed by atoms with van der Waals surface area (Å²) in [5.41, 5.74) is 0. The van der Waals surface area contributed by atoms with Crippen molar-refractivity contribution in [1.29, 1.82) is 0 Å². The minimum absolute atomic E-state index is 0. The molecule has 0 bridgehead atoms. The third-order valence-corrected chi connectivity index (χ3v) is 0. The Morgan fingerprint density at radius 3 is 1.00 bits per heavy atom. The van der Waals surface area contributed by atoms with Gasteiger partial charge in [0.15, 0.2) is 34.7 Å². The van der Waals surface area contributed by atoms with E-state index in [9.17, 15) is 0 Å². The second kappa shape index (κ2) is 8.39.